The Morgan fingerprint density at radius 1 is 1.11 bits per heavy atom. The fraction of sp³-hybridized carbons (Fsp3) is 0.261. The third-order valence-electron chi connectivity index (χ3n) is 5.46. The Hall–Kier alpha value is -4.22. The van der Waals surface area contributed by atoms with Crippen molar-refractivity contribution in [3.8, 4) is 0 Å². The number of nitro benzene ring substituents is 1. The maximum Gasteiger partial charge on any atom is 0.418 e. The van der Waals surface area contributed by atoms with E-state index in [2.05, 4.69) is 4.98 Å². The summed E-state index contributed by atoms with van der Waals surface area (Å²) < 4.78 is 45.1. The van der Waals surface area contributed by atoms with Gasteiger partial charge >= 0.3 is 12.1 Å². The van der Waals surface area contributed by atoms with Gasteiger partial charge in [-0.15, -0.1) is 0 Å². The number of fused-ring (bicyclic) bond motifs is 1. The van der Waals surface area contributed by atoms with Gasteiger partial charge in [-0.05, 0) is 31.0 Å². The van der Waals surface area contributed by atoms with E-state index in [0.717, 1.165) is 25.0 Å². The summed E-state index contributed by atoms with van der Waals surface area (Å²) in [4.78, 5) is 41.5. The van der Waals surface area contributed by atoms with E-state index in [9.17, 15) is 32.9 Å². The minimum absolute atomic E-state index is 0.143. The summed E-state index contributed by atoms with van der Waals surface area (Å²) in [7, 11) is 0. The monoisotopic (exact) mass is 488 g/mol. The normalized spacial score (nSPS) is 13.6. The molecule has 1 aromatic heterocycles. The number of aromatic nitrogens is 1. The second-order valence-corrected chi connectivity index (χ2v) is 7.86. The van der Waals surface area contributed by atoms with Gasteiger partial charge in [0.1, 0.15) is 11.4 Å². The van der Waals surface area contributed by atoms with E-state index >= 15 is 0 Å². The zero-order valence-electron chi connectivity index (χ0n) is 18.2. The van der Waals surface area contributed by atoms with Crippen LogP contribution in [0.25, 0.3) is 10.9 Å². The standard InChI is InChI=1S/C23H19F3N4O5/c24-23(25,26)17-12-15(30(33)34)7-8-19(17)27-20(31)13-35-22(32)16-11-14-5-1-2-6-18(14)28-21(16)29-9-3-4-10-29/h1-2,5-8,11-12H,3-4,9-10,13H2,(H,27,31). The molecule has 0 saturated carbocycles. The van der Waals surface area contributed by atoms with Crippen LogP contribution in [0.1, 0.15) is 28.8 Å². The van der Waals surface area contributed by atoms with Gasteiger partial charge in [-0.3, -0.25) is 14.9 Å². The van der Waals surface area contributed by atoms with Gasteiger partial charge in [0.25, 0.3) is 11.6 Å². The number of rotatable bonds is 6. The van der Waals surface area contributed by atoms with Gasteiger partial charge < -0.3 is 15.0 Å². The molecule has 0 unspecified atom stereocenters. The minimum atomic E-state index is -4.95. The number of ether oxygens (including phenoxy) is 1. The molecule has 1 fully saturated rings. The second-order valence-electron chi connectivity index (χ2n) is 7.86. The molecule has 0 bridgehead atoms. The lowest BCUT2D eigenvalue weighted by Crippen LogP contribution is -2.25. The highest BCUT2D eigenvalue weighted by molar-refractivity contribution is 6.01. The van der Waals surface area contributed by atoms with E-state index in [-0.39, 0.29) is 5.56 Å². The first-order valence-corrected chi connectivity index (χ1v) is 10.6. The molecular weight excluding hydrogens is 469 g/mol. The maximum absolute atomic E-state index is 13.3. The SMILES string of the molecule is O=C(COC(=O)c1cc2ccccc2nc1N1CCCC1)Nc1ccc([N+](=O)[O-])cc1C(F)(F)F. The molecule has 2 heterocycles. The third kappa shape index (κ3) is 5.31. The van der Waals surface area contributed by atoms with Crippen molar-refractivity contribution in [1.82, 2.24) is 4.98 Å². The molecule has 0 spiro atoms. The number of nitro groups is 1. The van der Waals surface area contributed by atoms with Gasteiger partial charge in [0.2, 0.25) is 0 Å². The highest BCUT2D eigenvalue weighted by Crippen LogP contribution is 2.37. The second kappa shape index (κ2) is 9.57. The Morgan fingerprint density at radius 3 is 2.51 bits per heavy atom. The van der Waals surface area contributed by atoms with E-state index in [1.54, 1.807) is 24.3 Å². The van der Waals surface area contributed by atoms with E-state index in [1.165, 1.54) is 0 Å². The maximum atomic E-state index is 13.3. The highest BCUT2D eigenvalue weighted by atomic mass is 19.4. The molecular formula is C23H19F3N4O5. The lowest BCUT2D eigenvalue weighted by molar-refractivity contribution is -0.385. The van der Waals surface area contributed by atoms with Crippen LogP contribution >= 0.6 is 0 Å². The number of pyridine rings is 1. The van der Waals surface area contributed by atoms with Gasteiger partial charge in [-0.25, -0.2) is 9.78 Å². The van der Waals surface area contributed by atoms with Crippen molar-refractivity contribution in [3.05, 3.63) is 69.8 Å². The lowest BCUT2D eigenvalue weighted by atomic mass is 10.1. The summed E-state index contributed by atoms with van der Waals surface area (Å²) in [5.41, 5.74) is -2.03. The quantitative estimate of drug-likeness (QED) is 0.307. The molecule has 0 radical (unpaired) electrons. The fourth-order valence-corrected chi connectivity index (χ4v) is 3.81. The van der Waals surface area contributed by atoms with E-state index in [4.69, 9.17) is 4.74 Å². The number of para-hydroxylation sites is 1. The van der Waals surface area contributed by atoms with Crippen molar-refractivity contribution in [3.63, 3.8) is 0 Å². The van der Waals surface area contributed by atoms with E-state index in [0.29, 0.717) is 35.9 Å². The molecule has 9 nitrogen and oxygen atoms in total. The van der Waals surface area contributed by atoms with Crippen LogP contribution in [0, 0.1) is 10.1 Å². The number of hydrogen-bond acceptors (Lipinski definition) is 7. The number of esters is 1. The van der Waals surface area contributed by atoms with Gasteiger partial charge in [0.05, 0.1) is 21.7 Å². The number of amides is 1. The number of non-ortho nitro benzene ring substituents is 1. The Morgan fingerprint density at radius 2 is 1.83 bits per heavy atom. The number of hydrogen-bond donors (Lipinski definition) is 1. The molecule has 0 atom stereocenters. The molecule has 1 saturated heterocycles. The van der Waals surface area contributed by atoms with Crippen molar-refractivity contribution in [2.75, 3.05) is 29.9 Å². The van der Waals surface area contributed by atoms with Crippen LogP contribution in [-0.2, 0) is 15.7 Å². The van der Waals surface area contributed by atoms with Crippen LogP contribution in [0.15, 0.2) is 48.5 Å². The smallest absolute Gasteiger partial charge is 0.418 e. The molecule has 0 aliphatic carbocycles. The molecule has 1 N–H and O–H groups in total. The fourth-order valence-electron chi connectivity index (χ4n) is 3.81. The van der Waals surface area contributed by atoms with Gasteiger partial charge in [0.15, 0.2) is 6.61 Å². The number of alkyl halides is 3. The molecule has 12 heteroatoms. The van der Waals surface area contributed by atoms with Crippen LogP contribution < -0.4 is 10.2 Å². The number of nitrogens with zero attached hydrogens (tertiary/aromatic N) is 3. The van der Waals surface area contributed by atoms with Crippen LogP contribution in [0.5, 0.6) is 0 Å². The van der Waals surface area contributed by atoms with Gasteiger partial charge in [-0.1, -0.05) is 18.2 Å². The summed E-state index contributed by atoms with van der Waals surface area (Å²) in [5.74, 6) is -1.46. The predicted molar refractivity (Wildman–Crippen MR) is 120 cm³/mol. The number of halogens is 3. The van der Waals surface area contributed by atoms with E-state index < -0.39 is 46.5 Å². The average molecular weight is 488 g/mol. The number of anilines is 2. The lowest BCUT2D eigenvalue weighted by Gasteiger charge is -2.20. The first kappa shape index (κ1) is 23.9. The average Bonchev–Trinajstić information content (AvgIpc) is 3.36. The number of benzene rings is 2. The van der Waals surface area contributed by atoms with Crippen LogP contribution in [0.2, 0.25) is 0 Å². The summed E-state index contributed by atoms with van der Waals surface area (Å²) in [5, 5.41) is 13.5. The Kier molecular flexibility index (Phi) is 6.54. The summed E-state index contributed by atoms with van der Waals surface area (Å²) in [6.45, 7) is 0.540. The van der Waals surface area contributed by atoms with Crippen molar-refractivity contribution >= 4 is 40.0 Å². The zero-order chi connectivity index (χ0) is 25.2. The topological polar surface area (TPSA) is 115 Å². The molecule has 3 aromatic rings. The minimum Gasteiger partial charge on any atom is -0.452 e. The Labute approximate surface area is 196 Å². The highest BCUT2D eigenvalue weighted by Gasteiger charge is 2.35. The first-order chi connectivity index (χ1) is 16.6. The predicted octanol–water partition coefficient (Wildman–Crippen LogP) is 4.56. The van der Waals surface area contributed by atoms with Crippen LogP contribution in [0.3, 0.4) is 0 Å². The number of carbonyl (C=O) groups is 2. The largest absolute Gasteiger partial charge is 0.452 e. The molecule has 1 aliphatic rings. The van der Waals surface area contributed by atoms with Crippen molar-refractivity contribution in [2.45, 2.75) is 19.0 Å². The molecule has 2 aromatic carbocycles. The molecule has 4 rings (SSSR count). The summed E-state index contributed by atoms with van der Waals surface area (Å²) in [6, 6.07) is 10.7. The molecule has 35 heavy (non-hydrogen) atoms. The summed E-state index contributed by atoms with van der Waals surface area (Å²) >= 11 is 0. The molecule has 182 valence electrons. The molecule has 1 amide bonds. The Balaban J connectivity index is 1.52. The van der Waals surface area contributed by atoms with Gasteiger partial charge in [-0.2, -0.15) is 13.2 Å². The van der Waals surface area contributed by atoms with Crippen LogP contribution in [-0.4, -0.2) is 41.5 Å². The number of nitrogens with one attached hydrogen (secondary N) is 1. The number of carbonyl (C=O) groups excluding carboxylic acids is 2. The first-order valence-electron chi connectivity index (χ1n) is 10.6. The van der Waals surface area contributed by atoms with Crippen molar-refractivity contribution in [1.29, 1.82) is 0 Å². The van der Waals surface area contributed by atoms with E-state index in [1.807, 2.05) is 16.3 Å². The third-order valence-corrected chi connectivity index (χ3v) is 5.46. The summed E-state index contributed by atoms with van der Waals surface area (Å²) in [6.07, 6.45) is -3.09. The van der Waals surface area contributed by atoms with Crippen molar-refractivity contribution < 1.29 is 32.4 Å². The Bertz CT molecular complexity index is 1310. The van der Waals surface area contributed by atoms with Crippen molar-refractivity contribution in [2.24, 2.45) is 0 Å². The van der Waals surface area contributed by atoms with Crippen LogP contribution in [0.4, 0.5) is 30.4 Å². The van der Waals surface area contributed by atoms with Gasteiger partial charge in [0, 0.05) is 30.6 Å². The zero-order valence-corrected chi connectivity index (χ0v) is 18.2. The molecule has 1 aliphatic heterocycles.